The maximum absolute atomic E-state index is 11.6. The zero-order valence-electron chi connectivity index (χ0n) is 8.95. The van der Waals surface area contributed by atoms with Gasteiger partial charge in [0.2, 0.25) is 5.39 Å². The molecule has 0 aliphatic carbocycles. The van der Waals surface area contributed by atoms with E-state index in [1.807, 2.05) is 0 Å². The molecule has 0 saturated heterocycles. The summed E-state index contributed by atoms with van der Waals surface area (Å²) in [5.41, 5.74) is 0.208. The third kappa shape index (κ3) is 3.42. The van der Waals surface area contributed by atoms with Crippen LogP contribution in [-0.4, -0.2) is 21.1 Å². The minimum atomic E-state index is -3.95. The third-order valence-electron chi connectivity index (χ3n) is 1.76. The number of carbonyl (C=O) groups excluding carboxylic acids is 1. The molecule has 0 heterocycles. The van der Waals surface area contributed by atoms with E-state index in [-0.39, 0.29) is 17.2 Å². The number of nitrogens with one attached hydrogen (secondary N) is 1. The average Bonchev–Trinajstić information content (AvgIpc) is 2.28. The molecule has 8 heteroatoms. The summed E-state index contributed by atoms with van der Waals surface area (Å²) >= 11 is 0. The van der Waals surface area contributed by atoms with Crippen molar-refractivity contribution in [1.29, 1.82) is 5.39 Å². The molecule has 0 saturated carbocycles. The van der Waals surface area contributed by atoms with Crippen molar-refractivity contribution in [2.24, 2.45) is 0 Å². The summed E-state index contributed by atoms with van der Waals surface area (Å²) in [5.74, 6) is 0. The quantitative estimate of drug-likeness (QED) is 0.828. The van der Waals surface area contributed by atoms with Gasteiger partial charge in [0.05, 0.1) is 11.5 Å². The molecule has 7 nitrogen and oxygen atoms in total. The first-order chi connectivity index (χ1) is 7.99. The smallest absolute Gasteiger partial charge is 0.421 e. The van der Waals surface area contributed by atoms with Gasteiger partial charge in [-0.25, -0.2) is 17.9 Å². The lowest BCUT2D eigenvalue weighted by molar-refractivity contribution is 0.158. The zero-order valence-corrected chi connectivity index (χ0v) is 9.77. The zero-order chi connectivity index (χ0) is 12.9. The standard InChI is InChI=1S/C9H9N3O4S/c1-2-16-9(13)12-17(14,15)8-5-3-7(11-10)4-6-8/h3-6H,2H2,1H3/p+1. The molecule has 17 heavy (non-hydrogen) atoms. The van der Waals surface area contributed by atoms with Gasteiger partial charge in [0.15, 0.2) is 4.98 Å². The van der Waals surface area contributed by atoms with Crippen LogP contribution < -0.4 is 4.72 Å². The van der Waals surface area contributed by atoms with Gasteiger partial charge >= 0.3 is 11.8 Å². The highest BCUT2D eigenvalue weighted by molar-refractivity contribution is 7.90. The van der Waals surface area contributed by atoms with E-state index in [0.29, 0.717) is 0 Å². The Labute approximate surface area is 98.1 Å². The largest absolute Gasteiger partial charge is 0.449 e. The van der Waals surface area contributed by atoms with E-state index in [4.69, 9.17) is 5.39 Å². The highest BCUT2D eigenvalue weighted by Crippen LogP contribution is 2.15. The molecule has 0 fully saturated rings. The van der Waals surface area contributed by atoms with E-state index in [0.717, 1.165) is 0 Å². The van der Waals surface area contributed by atoms with Gasteiger partial charge < -0.3 is 4.74 Å². The van der Waals surface area contributed by atoms with Gasteiger partial charge in [0, 0.05) is 12.1 Å². The SMILES string of the molecule is CCOC(=O)NS(=O)(=O)c1ccc([N+]#N)cc1. The summed E-state index contributed by atoms with van der Waals surface area (Å²) in [5, 5.41) is 8.43. The first-order valence-corrected chi connectivity index (χ1v) is 6.12. The normalized spacial score (nSPS) is 10.4. The van der Waals surface area contributed by atoms with Crippen molar-refractivity contribution < 1.29 is 17.9 Å². The molecule has 1 rings (SSSR count). The first kappa shape index (κ1) is 12.9. The fraction of sp³-hybridized carbons (Fsp3) is 0.222. The van der Waals surface area contributed by atoms with Gasteiger partial charge in [-0.3, -0.25) is 0 Å². The molecule has 0 aliphatic heterocycles. The Kier molecular flexibility index (Phi) is 4.01. The number of carbonyl (C=O) groups is 1. The van der Waals surface area contributed by atoms with Crippen LogP contribution in [0.4, 0.5) is 10.5 Å². The monoisotopic (exact) mass is 256 g/mol. The average molecular weight is 256 g/mol. The molecule has 0 aliphatic rings. The van der Waals surface area contributed by atoms with Crippen LogP contribution in [-0.2, 0) is 14.8 Å². The van der Waals surface area contributed by atoms with Gasteiger partial charge in [-0.2, -0.15) is 0 Å². The first-order valence-electron chi connectivity index (χ1n) is 4.64. The van der Waals surface area contributed by atoms with Crippen molar-refractivity contribution in [3.05, 3.63) is 29.2 Å². The van der Waals surface area contributed by atoms with Crippen LogP contribution in [0.25, 0.3) is 4.98 Å². The van der Waals surface area contributed by atoms with Crippen molar-refractivity contribution in [3.63, 3.8) is 0 Å². The summed E-state index contributed by atoms with van der Waals surface area (Å²) in [7, 11) is -3.95. The second kappa shape index (κ2) is 5.27. The van der Waals surface area contributed by atoms with E-state index in [9.17, 15) is 13.2 Å². The highest BCUT2D eigenvalue weighted by Gasteiger charge is 2.19. The molecule has 0 spiro atoms. The Morgan fingerprint density at radius 3 is 2.47 bits per heavy atom. The van der Waals surface area contributed by atoms with Crippen molar-refractivity contribution in [1.82, 2.24) is 4.72 Å². The molecular weight excluding hydrogens is 246 g/mol. The second-order valence-electron chi connectivity index (χ2n) is 2.92. The molecule has 0 radical (unpaired) electrons. The minimum absolute atomic E-state index is 0.0731. The van der Waals surface area contributed by atoms with Crippen molar-refractivity contribution in [2.75, 3.05) is 6.61 Å². The van der Waals surface area contributed by atoms with Gasteiger partial charge in [0.1, 0.15) is 0 Å². The van der Waals surface area contributed by atoms with Crippen molar-refractivity contribution in [3.8, 4) is 0 Å². The fourth-order valence-corrected chi connectivity index (χ4v) is 1.91. The molecule has 0 unspecified atom stereocenters. The molecule has 1 aromatic carbocycles. The number of benzene rings is 1. The van der Waals surface area contributed by atoms with E-state index >= 15 is 0 Å². The number of hydrogen-bond acceptors (Lipinski definition) is 5. The third-order valence-corrected chi connectivity index (χ3v) is 3.08. The maximum Gasteiger partial charge on any atom is 0.421 e. The second-order valence-corrected chi connectivity index (χ2v) is 4.60. The van der Waals surface area contributed by atoms with Crippen molar-refractivity contribution >= 4 is 21.8 Å². The predicted octanol–water partition coefficient (Wildman–Crippen LogP) is 1.61. The van der Waals surface area contributed by atoms with E-state index < -0.39 is 16.1 Å². The summed E-state index contributed by atoms with van der Waals surface area (Å²) in [4.78, 5) is 13.7. The molecule has 0 bridgehead atoms. The van der Waals surface area contributed by atoms with Crippen LogP contribution >= 0.6 is 0 Å². The number of rotatable bonds is 3. The number of hydrogen-bond donors (Lipinski definition) is 1. The summed E-state index contributed by atoms with van der Waals surface area (Å²) < 4.78 is 29.4. The molecule has 1 amide bonds. The number of diazo groups is 1. The highest BCUT2D eigenvalue weighted by atomic mass is 32.2. The lowest BCUT2D eigenvalue weighted by Gasteiger charge is -2.05. The summed E-state index contributed by atoms with van der Waals surface area (Å²) in [6.07, 6.45) is -1.04. The molecule has 90 valence electrons. The van der Waals surface area contributed by atoms with Crippen LogP contribution in [0.15, 0.2) is 29.2 Å². The molecular formula is C9H10N3O4S+. The van der Waals surface area contributed by atoms with Gasteiger partial charge in [-0.15, -0.1) is 0 Å². The van der Waals surface area contributed by atoms with Crippen LogP contribution in [0.5, 0.6) is 0 Å². The molecule has 0 aromatic heterocycles. The van der Waals surface area contributed by atoms with Crippen LogP contribution in [0.3, 0.4) is 0 Å². The Balaban J connectivity index is 2.90. The minimum Gasteiger partial charge on any atom is -0.449 e. The Morgan fingerprint density at radius 2 is 2.00 bits per heavy atom. The Hall–Kier alpha value is -2.14. The number of nitrogens with zero attached hydrogens (tertiary/aromatic N) is 2. The van der Waals surface area contributed by atoms with Crippen LogP contribution in [0.1, 0.15) is 6.92 Å². The summed E-state index contributed by atoms with van der Waals surface area (Å²) in [6, 6.07) is 4.99. The van der Waals surface area contributed by atoms with Crippen LogP contribution in [0.2, 0.25) is 0 Å². The van der Waals surface area contributed by atoms with E-state index in [1.54, 1.807) is 11.6 Å². The van der Waals surface area contributed by atoms with E-state index in [1.165, 1.54) is 24.3 Å². The molecule has 1 aromatic rings. The summed E-state index contributed by atoms with van der Waals surface area (Å²) in [6.45, 7) is 1.63. The lowest BCUT2D eigenvalue weighted by atomic mass is 10.3. The number of sulfonamides is 1. The fourth-order valence-electron chi connectivity index (χ4n) is 1.02. The Bertz CT molecular complexity index is 545. The Morgan fingerprint density at radius 1 is 1.41 bits per heavy atom. The van der Waals surface area contributed by atoms with Gasteiger partial charge in [-0.05, 0) is 19.1 Å². The van der Waals surface area contributed by atoms with E-state index in [2.05, 4.69) is 9.71 Å². The van der Waals surface area contributed by atoms with Crippen LogP contribution in [0, 0.1) is 5.39 Å². The number of amides is 1. The topological polar surface area (TPSA) is 101 Å². The van der Waals surface area contributed by atoms with Gasteiger partial charge in [0.25, 0.3) is 10.0 Å². The predicted molar refractivity (Wildman–Crippen MR) is 58.5 cm³/mol. The van der Waals surface area contributed by atoms with Gasteiger partial charge in [-0.1, -0.05) is 0 Å². The maximum atomic E-state index is 11.6. The molecule has 1 N–H and O–H groups in total. The van der Waals surface area contributed by atoms with Crippen molar-refractivity contribution in [2.45, 2.75) is 11.8 Å². The molecule has 0 atom stereocenters. The lowest BCUT2D eigenvalue weighted by Crippen LogP contribution is -2.31. The number of ether oxygens (including phenoxy) is 1.